The second-order valence-electron chi connectivity index (χ2n) is 5.25. The Morgan fingerprint density at radius 2 is 1.83 bits per heavy atom. The first-order valence-electron chi connectivity index (χ1n) is 7.10. The molecule has 0 aliphatic heterocycles. The summed E-state index contributed by atoms with van der Waals surface area (Å²) in [5, 5.41) is 12.1. The lowest BCUT2D eigenvalue weighted by molar-refractivity contribution is -0.145. The zero-order valence-corrected chi connectivity index (χ0v) is 11.4. The highest BCUT2D eigenvalue weighted by Crippen LogP contribution is 2.29. The molecule has 0 heterocycles. The first-order valence-corrected chi connectivity index (χ1v) is 7.10. The molecule has 0 radical (unpaired) electrons. The van der Waals surface area contributed by atoms with Crippen LogP contribution in [0.3, 0.4) is 0 Å². The molecule has 4 nitrogen and oxygen atoms in total. The monoisotopic (exact) mass is 255 g/mol. The Balaban J connectivity index is 2.45. The minimum Gasteiger partial charge on any atom is -0.481 e. The van der Waals surface area contributed by atoms with E-state index in [2.05, 4.69) is 5.32 Å². The van der Waals surface area contributed by atoms with Crippen LogP contribution in [0.1, 0.15) is 52.4 Å². The second kappa shape index (κ2) is 7.39. The number of aliphatic carboxylic acids is 1. The van der Waals surface area contributed by atoms with E-state index in [4.69, 9.17) is 5.11 Å². The lowest BCUT2D eigenvalue weighted by atomic mass is 9.79. The molecule has 2 N–H and O–H groups in total. The van der Waals surface area contributed by atoms with E-state index >= 15 is 0 Å². The van der Waals surface area contributed by atoms with Gasteiger partial charge in [0, 0.05) is 12.5 Å². The molecule has 1 saturated carbocycles. The van der Waals surface area contributed by atoms with Crippen LogP contribution in [0.4, 0.5) is 0 Å². The molecule has 18 heavy (non-hydrogen) atoms. The highest BCUT2D eigenvalue weighted by molar-refractivity contribution is 5.78. The average molecular weight is 255 g/mol. The van der Waals surface area contributed by atoms with Crippen molar-refractivity contribution < 1.29 is 14.7 Å². The Morgan fingerprint density at radius 3 is 2.39 bits per heavy atom. The Hall–Kier alpha value is -1.06. The van der Waals surface area contributed by atoms with Crippen molar-refractivity contribution >= 4 is 11.9 Å². The van der Waals surface area contributed by atoms with Gasteiger partial charge in [0.05, 0.1) is 5.92 Å². The van der Waals surface area contributed by atoms with Crippen molar-refractivity contribution in [2.75, 3.05) is 6.54 Å². The van der Waals surface area contributed by atoms with E-state index in [1.165, 1.54) is 0 Å². The lowest BCUT2D eigenvalue weighted by Gasteiger charge is -2.29. The number of amides is 1. The van der Waals surface area contributed by atoms with Crippen molar-refractivity contribution in [1.29, 1.82) is 0 Å². The van der Waals surface area contributed by atoms with Gasteiger partial charge in [0.15, 0.2) is 0 Å². The van der Waals surface area contributed by atoms with Crippen LogP contribution in [0.25, 0.3) is 0 Å². The summed E-state index contributed by atoms with van der Waals surface area (Å²) in [6.45, 7) is 4.54. The summed E-state index contributed by atoms with van der Waals surface area (Å²) in [5.74, 6) is -0.738. The van der Waals surface area contributed by atoms with Crippen molar-refractivity contribution in [3.63, 3.8) is 0 Å². The Labute approximate surface area is 109 Å². The lowest BCUT2D eigenvalue weighted by Crippen LogP contribution is -2.39. The van der Waals surface area contributed by atoms with E-state index in [9.17, 15) is 9.59 Å². The molecular weight excluding hydrogens is 230 g/mol. The number of carboxylic acids is 1. The third-order valence-electron chi connectivity index (χ3n) is 4.12. The third-order valence-corrected chi connectivity index (χ3v) is 4.12. The maximum atomic E-state index is 11.9. The molecule has 0 saturated heterocycles. The summed E-state index contributed by atoms with van der Waals surface area (Å²) < 4.78 is 0. The van der Waals surface area contributed by atoms with E-state index in [-0.39, 0.29) is 23.7 Å². The van der Waals surface area contributed by atoms with Gasteiger partial charge in [-0.3, -0.25) is 9.59 Å². The number of nitrogens with one attached hydrogen (secondary N) is 1. The summed E-state index contributed by atoms with van der Waals surface area (Å²) in [7, 11) is 0. The quantitative estimate of drug-likeness (QED) is 0.766. The highest BCUT2D eigenvalue weighted by Gasteiger charge is 2.31. The number of hydrogen-bond acceptors (Lipinski definition) is 2. The van der Waals surface area contributed by atoms with Crippen molar-refractivity contribution in [2.24, 2.45) is 17.8 Å². The number of rotatable bonds is 6. The van der Waals surface area contributed by atoms with Gasteiger partial charge in [-0.1, -0.05) is 26.7 Å². The van der Waals surface area contributed by atoms with Gasteiger partial charge < -0.3 is 10.4 Å². The predicted octanol–water partition coefficient (Wildman–Crippen LogP) is 2.43. The zero-order valence-electron chi connectivity index (χ0n) is 11.4. The van der Waals surface area contributed by atoms with E-state index < -0.39 is 5.97 Å². The number of carboxylic acid groups (broad SMARTS) is 1. The van der Waals surface area contributed by atoms with Crippen LogP contribution in [-0.2, 0) is 9.59 Å². The molecule has 1 aliphatic carbocycles. The van der Waals surface area contributed by atoms with Crippen LogP contribution in [0, 0.1) is 17.8 Å². The van der Waals surface area contributed by atoms with E-state index in [0.717, 1.165) is 38.5 Å². The van der Waals surface area contributed by atoms with Gasteiger partial charge in [-0.2, -0.15) is 0 Å². The Kier molecular flexibility index (Phi) is 6.16. The van der Waals surface area contributed by atoms with E-state index in [0.29, 0.717) is 6.54 Å². The van der Waals surface area contributed by atoms with Crippen molar-refractivity contribution in [2.45, 2.75) is 52.4 Å². The van der Waals surface area contributed by atoms with Crippen LogP contribution in [0.2, 0.25) is 0 Å². The Bertz CT molecular complexity index is 287. The van der Waals surface area contributed by atoms with Crippen molar-refractivity contribution in [3.05, 3.63) is 0 Å². The maximum absolute atomic E-state index is 11.9. The molecule has 0 spiro atoms. The highest BCUT2D eigenvalue weighted by atomic mass is 16.4. The van der Waals surface area contributed by atoms with Gasteiger partial charge in [0.2, 0.25) is 5.91 Å². The van der Waals surface area contributed by atoms with Crippen LogP contribution in [-0.4, -0.2) is 23.5 Å². The topological polar surface area (TPSA) is 66.4 Å². The number of carbonyl (C=O) groups excluding carboxylic acids is 1. The number of hydrogen-bond donors (Lipinski definition) is 2. The molecule has 4 heteroatoms. The van der Waals surface area contributed by atoms with Gasteiger partial charge in [0.25, 0.3) is 0 Å². The second-order valence-corrected chi connectivity index (χ2v) is 5.25. The molecule has 0 aromatic carbocycles. The van der Waals surface area contributed by atoms with E-state index in [1.54, 1.807) is 0 Å². The molecular formula is C14H25NO3. The molecule has 1 rings (SSSR count). The zero-order chi connectivity index (χ0) is 13.5. The van der Waals surface area contributed by atoms with Crippen molar-refractivity contribution in [1.82, 2.24) is 5.32 Å². The predicted molar refractivity (Wildman–Crippen MR) is 70.2 cm³/mol. The fourth-order valence-corrected chi connectivity index (χ4v) is 2.81. The molecule has 1 aliphatic rings. The first-order chi connectivity index (χ1) is 8.60. The number of carbonyl (C=O) groups is 2. The molecule has 2 atom stereocenters. The third kappa shape index (κ3) is 4.00. The molecule has 1 fully saturated rings. The van der Waals surface area contributed by atoms with Gasteiger partial charge in [-0.05, 0) is 31.6 Å². The molecule has 2 unspecified atom stereocenters. The summed E-state index contributed by atoms with van der Waals surface area (Å²) in [6, 6.07) is 0. The Morgan fingerprint density at radius 1 is 1.22 bits per heavy atom. The fourth-order valence-electron chi connectivity index (χ4n) is 2.81. The van der Waals surface area contributed by atoms with E-state index in [1.807, 2.05) is 13.8 Å². The summed E-state index contributed by atoms with van der Waals surface area (Å²) in [4.78, 5) is 23.0. The molecule has 0 aromatic heterocycles. The van der Waals surface area contributed by atoms with Crippen LogP contribution < -0.4 is 5.32 Å². The normalized spacial score (nSPS) is 23.9. The van der Waals surface area contributed by atoms with Crippen LogP contribution in [0.5, 0.6) is 0 Å². The maximum Gasteiger partial charge on any atom is 0.306 e. The molecule has 104 valence electrons. The van der Waals surface area contributed by atoms with Gasteiger partial charge in [-0.25, -0.2) is 0 Å². The molecule has 0 bridgehead atoms. The summed E-state index contributed by atoms with van der Waals surface area (Å²) >= 11 is 0. The molecule has 0 aromatic rings. The smallest absolute Gasteiger partial charge is 0.306 e. The summed E-state index contributed by atoms with van der Waals surface area (Å²) in [5.41, 5.74) is 0. The van der Waals surface area contributed by atoms with Gasteiger partial charge >= 0.3 is 5.97 Å². The minimum atomic E-state index is -0.712. The minimum absolute atomic E-state index is 0.0665. The summed E-state index contributed by atoms with van der Waals surface area (Å²) in [6.07, 6.45) is 5.43. The largest absolute Gasteiger partial charge is 0.481 e. The first kappa shape index (κ1) is 15.0. The van der Waals surface area contributed by atoms with Gasteiger partial charge in [-0.15, -0.1) is 0 Å². The fraction of sp³-hybridized carbons (Fsp3) is 0.857. The van der Waals surface area contributed by atoms with Crippen molar-refractivity contribution in [3.8, 4) is 0 Å². The van der Waals surface area contributed by atoms with Crippen LogP contribution in [0.15, 0.2) is 0 Å². The molecule has 1 amide bonds. The van der Waals surface area contributed by atoms with Gasteiger partial charge in [0.1, 0.15) is 0 Å². The average Bonchev–Trinajstić information content (AvgIpc) is 2.38. The SMILES string of the molecule is CCC(CC)C(=O)NCC1CCCCC1C(=O)O. The standard InChI is InChI=1S/C14H25NO3/c1-3-10(4-2)13(16)15-9-11-7-5-6-8-12(11)14(17)18/h10-12H,3-9H2,1-2H3,(H,15,16)(H,17,18). The van der Waals surface area contributed by atoms with Crippen LogP contribution >= 0.6 is 0 Å².